The third-order valence-electron chi connectivity index (χ3n) is 3.76. The smallest absolute Gasteiger partial charge is 0.365 e. The number of azo groups is 1. The number of carbonyl (C=O) groups is 1. The van der Waals surface area contributed by atoms with Gasteiger partial charge < -0.3 is 4.90 Å². The van der Waals surface area contributed by atoms with E-state index >= 15 is 0 Å². The second-order valence-electron chi connectivity index (χ2n) is 5.62. The molecule has 2 aromatic carbocycles. The van der Waals surface area contributed by atoms with Gasteiger partial charge in [0, 0.05) is 37.0 Å². The van der Waals surface area contributed by atoms with Gasteiger partial charge in [-0.3, -0.25) is 15.0 Å². The number of halogens is 1. The number of benzene rings is 2. The summed E-state index contributed by atoms with van der Waals surface area (Å²) in [6.07, 6.45) is 1.02. The van der Waals surface area contributed by atoms with Crippen molar-refractivity contribution in [3.8, 4) is 0 Å². The van der Waals surface area contributed by atoms with Crippen molar-refractivity contribution in [2.24, 2.45) is 10.2 Å². The van der Waals surface area contributed by atoms with E-state index in [1.54, 1.807) is 12.1 Å². The molecule has 0 atom stereocenters. The molecule has 0 bridgehead atoms. The van der Waals surface area contributed by atoms with Gasteiger partial charge in [0.1, 0.15) is 12.3 Å². The van der Waals surface area contributed by atoms with Crippen molar-refractivity contribution in [2.45, 2.75) is 6.92 Å². The fraction of sp³-hybridized carbons (Fsp3) is 0.211. The molecule has 0 aliphatic rings. The van der Waals surface area contributed by atoms with Gasteiger partial charge in [-0.15, -0.1) is 5.11 Å². The molecule has 0 fully saturated rings. The third kappa shape index (κ3) is 6.66. The van der Waals surface area contributed by atoms with Crippen molar-refractivity contribution in [3.05, 3.63) is 70.3 Å². The topological polar surface area (TPSA) is 107 Å². The van der Waals surface area contributed by atoms with Crippen molar-refractivity contribution < 1.29 is 19.5 Å². The lowest BCUT2D eigenvalue weighted by molar-refractivity contribution is -0.384. The SMILES string of the molecule is C=CC(=O)OOCCN(CC)c1ccc(/N=N/c2ccc([N+](=O)[O-])cc2Cl)cc1. The summed E-state index contributed by atoms with van der Waals surface area (Å²) in [7, 11) is 0. The number of rotatable bonds is 10. The van der Waals surface area contributed by atoms with Crippen LogP contribution in [0.4, 0.5) is 22.7 Å². The minimum atomic E-state index is -0.643. The van der Waals surface area contributed by atoms with Crippen LogP contribution in [-0.2, 0) is 14.6 Å². The number of nitro groups is 1. The van der Waals surface area contributed by atoms with Crippen LogP contribution in [0.25, 0.3) is 0 Å². The summed E-state index contributed by atoms with van der Waals surface area (Å²) in [5.74, 6) is -0.643. The molecule has 0 amide bonds. The first-order valence-corrected chi connectivity index (χ1v) is 8.99. The molecule has 2 rings (SSSR count). The van der Waals surface area contributed by atoms with Gasteiger partial charge >= 0.3 is 5.97 Å². The van der Waals surface area contributed by atoms with E-state index in [0.29, 0.717) is 17.9 Å². The van der Waals surface area contributed by atoms with E-state index in [9.17, 15) is 14.9 Å². The fourth-order valence-electron chi connectivity index (χ4n) is 2.28. The molecule has 152 valence electrons. The summed E-state index contributed by atoms with van der Waals surface area (Å²) < 4.78 is 0. The van der Waals surface area contributed by atoms with E-state index < -0.39 is 10.9 Å². The highest BCUT2D eigenvalue weighted by Gasteiger charge is 2.09. The van der Waals surface area contributed by atoms with Gasteiger partial charge in [0.05, 0.1) is 15.6 Å². The van der Waals surface area contributed by atoms with E-state index in [2.05, 4.69) is 21.7 Å². The summed E-state index contributed by atoms with van der Waals surface area (Å²) >= 11 is 6.00. The quantitative estimate of drug-likeness (QED) is 0.132. The highest BCUT2D eigenvalue weighted by atomic mass is 35.5. The molecule has 0 heterocycles. The lowest BCUT2D eigenvalue weighted by Crippen LogP contribution is -2.27. The number of nitrogens with zero attached hydrogens (tertiary/aromatic N) is 4. The maximum atomic E-state index is 10.9. The first kappa shape index (κ1) is 22.0. The maximum Gasteiger partial charge on any atom is 0.365 e. The molecule has 0 saturated carbocycles. The highest BCUT2D eigenvalue weighted by molar-refractivity contribution is 6.33. The Balaban J connectivity index is 1.98. The fourth-order valence-corrected chi connectivity index (χ4v) is 2.50. The Bertz CT molecular complexity index is 902. The zero-order chi connectivity index (χ0) is 21.2. The molecule has 0 aliphatic carbocycles. The van der Waals surface area contributed by atoms with Crippen molar-refractivity contribution in [2.75, 3.05) is 24.6 Å². The normalized spacial score (nSPS) is 10.7. The Labute approximate surface area is 172 Å². The van der Waals surface area contributed by atoms with Crippen LogP contribution in [0.15, 0.2) is 65.3 Å². The van der Waals surface area contributed by atoms with Crippen LogP contribution >= 0.6 is 11.6 Å². The highest BCUT2D eigenvalue weighted by Crippen LogP contribution is 2.30. The standard InChI is InChI=1S/C19H19ClN4O5/c1-3-19(25)29-28-12-11-23(4-2)15-7-5-14(6-8-15)21-22-18-10-9-16(24(26)27)13-17(18)20/h3,5-10,13H,1,4,11-12H2,2H3/b22-21+. The number of non-ortho nitro benzene ring substituents is 1. The molecule has 0 radical (unpaired) electrons. The predicted octanol–water partition coefficient (Wildman–Crippen LogP) is 5.15. The lowest BCUT2D eigenvalue weighted by atomic mass is 10.2. The molecule has 2 aromatic rings. The van der Waals surface area contributed by atoms with Crippen LogP contribution in [0.2, 0.25) is 5.02 Å². The monoisotopic (exact) mass is 418 g/mol. The van der Waals surface area contributed by atoms with Crippen LogP contribution in [0, 0.1) is 10.1 Å². The Morgan fingerprint density at radius 2 is 2.00 bits per heavy atom. The first-order chi connectivity index (χ1) is 13.9. The number of nitro benzene ring substituents is 1. The molecule has 29 heavy (non-hydrogen) atoms. The lowest BCUT2D eigenvalue weighted by Gasteiger charge is -2.22. The number of anilines is 1. The van der Waals surface area contributed by atoms with Gasteiger partial charge in [0.25, 0.3) is 5.69 Å². The van der Waals surface area contributed by atoms with Crippen LogP contribution in [-0.4, -0.2) is 30.6 Å². The molecule has 0 unspecified atom stereocenters. The summed E-state index contributed by atoms with van der Waals surface area (Å²) in [4.78, 5) is 32.5. The van der Waals surface area contributed by atoms with E-state index in [4.69, 9.17) is 16.5 Å². The number of carbonyl (C=O) groups excluding carboxylic acids is 1. The van der Waals surface area contributed by atoms with E-state index in [1.165, 1.54) is 18.2 Å². The minimum absolute atomic E-state index is 0.110. The molecular formula is C19H19ClN4O5. The van der Waals surface area contributed by atoms with E-state index in [-0.39, 0.29) is 17.3 Å². The summed E-state index contributed by atoms with van der Waals surface area (Å²) in [5.41, 5.74) is 1.75. The summed E-state index contributed by atoms with van der Waals surface area (Å²) in [5, 5.41) is 19.0. The number of hydrogen-bond donors (Lipinski definition) is 0. The molecular weight excluding hydrogens is 400 g/mol. The second kappa shape index (κ2) is 10.9. The largest absolute Gasteiger partial charge is 0.369 e. The molecule has 9 nitrogen and oxygen atoms in total. The molecule has 10 heteroatoms. The zero-order valence-electron chi connectivity index (χ0n) is 15.7. The predicted molar refractivity (Wildman–Crippen MR) is 109 cm³/mol. The van der Waals surface area contributed by atoms with Gasteiger partial charge in [-0.2, -0.15) is 10.0 Å². The van der Waals surface area contributed by atoms with Crippen LogP contribution in [0.1, 0.15) is 6.92 Å². The van der Waals surface area contributed by atoms with Crippen LogP contribution < -0.4 is 4.90 Å². The molecule has 0 aliphatic heterocycles. The number of likely N-dealkylation sites (N-methyl/N-ethyl adjacent to an activating group) is 1. The minimum Gasteiger partial charge on any atom is -0.369 e. The van der Waals surface area contributed by atoms with Crippen molar-refractivity contribution in [1.29, 1.82) is 0 Å². The van der Waals surface area contributed by atoms with E-state index in [0.717, 1.165) is 18.3 Å². The van der Waals surface area contributed by atoms with Crippen LogP contribution in [0.3, 0.4) is 0 Å². The molecule has 0 saturated heterocycles. The second-order valence-corrected chi connectivity index (χ2v) is 6.02. The van der Waals surface area contributed by atoms with Gasteiger partial charge in [-0.05, 0) is 37.3 Å². The van der Waals surface area contributed by atoms with Crippen molar-refractivity contribution >= 4 is 40.3 Å². The molecule has 0 spiro atoms. The van der Waals surface area contributed by atoms with Gasteiger partial charge in [-0.1, -0.05) is 18.2 Å². The van der Waals surface area contributed by atoms with Crippen molar-refractivity contribution in [1.82, 2.24) is 0 Å². The Hall–Kier alpha value is -3.30. The average molecular weight is 419 g/mol. The van der Waals surface area contributed by atoms with E-state index in [1.807, 2.05) is 24.0 Å². The molecule has 0 aromatic heterocycles. The van der Waals surface area contributed by atoms with Gasteiger partial charge in [-0.25, -0.2) is 4.79 Å². The first-order valence-electron chi connectivity index (χ1n) is 8.61. The van der Waals surface area contributed by atoms with Gasteiger partial charge in [0.2, 0.25) is 0 Å². The average Bonchev–Trinajstić information content (AvgIpc) is 2.73. The summed E-state index contributed by atoms with van der Waals surface area (Å²) in [6.45, 7) is 6.70. The third-order valence-corrected chi connectivity index (χ3v) is 4.07. The maximum absolute atomic E-state index is 10.9. The molecule has 0 N–H and O–H groups in total. The Morgan fingerprint density at radius 3 is 2.59 bits per heavy atom. The van der Waals surface area contributed by atoms with Crippen LogP contribution in [0.5, 0.6) is 0 Å². The Kier molecular flexibility index (Phi) is 8.26. The Morgan fingerprint density at radius 1 is 1.28 bits per heavy atom. The van der Waals surface area contributed by atoms with Gasteiger partial charge in [0.15, 0.2) is 0 Å². The summed E-state index contributed by atoms with van der Waals surface area (Å²) in [6, 6.07) is 11.3. The zero-order valence-corrected chi connectivity index (χ0v) is 16.4. The number of hydrogen-bond acceptors (Lipinski definition) is 8. The van der Waals surface area contributed by atoms with Crippen molar-refractivity contribution in [3.63, 3.8) is 0 Å².